The number of ether oxygens (including phenoxy) is 2. The van der Waals surface area contributed by atoms with Crippen LogP contribution in [0.5, 0.6) is 23.0 Å². The number of hydrogen-bond donors (Lipinski definition) is 4. The van der Waals surface area contributed by atoms with Gasteiger partial charge in [-0.2, -0.15) is 0 Å². The van der Waals surface area contributed by atoms with Gasteiger partial charge in [-0.15, -0.1) is 0 Å². The van der Waals surface area contributed by atoms with Gasteiger partial charge in [-0.05, 0) is 71.8 Å². The van der Waals surface area contributed by atoms with E-state index in [0.29, 0.717) is 24.0 Å². The highest BCUT2D eigenvalue weighted by Crippen LogP contribution is 2.46. The fourth-order valence-corrected chi connectivity index (χ4v) is 5.87. The summed E-state index contributed by atoms with van der Waals surface area (Å²) in [5, 5.41) is 32.2. The summed E-state index contributed by atoms with van der Waals surface area (Å²) in [6, 6.07) is 27.7. The van der Waals surface area contributed by atoms with E-state index in [1.807, 2.05) is 54.7 Å². The lowest BCUT2D eigenvalue weighted by molar-refractivity contribution is 0.177. The molecule has 2 aromatic heterocycles. The van der Waals surface area contributed by atoms with E-state index < -0.39 is 6.10 Å². The van der Waals surface area contributed by atoms with Gasteiger partial charge in [0.25, 0.3) is 0 Å². The van der Waals surface area contributed by atoms with E-state index in [9.17, 15) is 20.1 Å². The average molecular weight is 658 g/mol. The van der Waals surface area contributed by atoms with Gasteiger partial charge < -0.3 is 34.2 Å². The van der Waals surface area contributed by atoms with Crippen molar-refractivity contribution in [1.29, 1.82) is 0 Å². The summed E-state index contributed by atoms with van der Waals surface area (Å²) >= 11 is 0. The van der Waals surface area contributed by atoms with Crippen LogP contribution in [0.2, 0.25) is 0 Å². The summed E-state index contributed by atoms with van der Waals surface area (Å²) in [6.45, 7) is 2.14. The molecule has 6 rings (SSSR count). The number of aliphatic hydroxyl groups excluding tert-OH is 1. The molecule has 250 valence electrons. The van der Waals surface area contributed by atoms with Crippen molar-refractivity contribution in [3.05, 3.63) is 136 Å². The first kappa shape index (κ1) is 33.2. The van der Waals surface area contributed by atoms with E-state index in [2.05, 4.69) is 30.1 Å². The molecule has 6 aromatic rings. The predicted octanol–water partition coefficient (Wildman–Crippen LogP) is 8.07. The minimum absolute atomic E-state index is 0.0228. The molecular weight excluding hydrogens is 618 g/mol. The topological polar surface area (TPSA) is 125 Å². The lowest BCUT2D eigenvalue weighted by atomic mass is 9.97. The van der Waals surface area contributed by atoms with Crippen molar-refractivity contribution in [3.63, 3.8) is 0 Å². The molecule has 0 aliphatic rings. The van der Waals surface area contributed by atoms with Crippen LogP contribution in [0.15, 0.2) is 112 Å². The molecule has 4 N–H and O–H groups in total. The maximum absolute atomic E-state index is 13.9. The smallest absolute Gasteiger partial charge is 0.204 e. The molecule has 0 radical (unpaired) electrons. The Kier molecular flexibility index (Phi) is 10.2. The van der Waals surface area contributed by atoms with Crippen molar-refractivity contribution in [2.24, 2.45) is 0 Å². The number of methoxy groups -OCH3 is 1. The van der Waals surface area contributed by atoms with Crippen LogP contribution in [0.4, 0.5) is 0 Å². The number of benzene rings is 4. The molecule has 4 aromatic carbocycles. The lowest BCUT2D eigenvalue weighted by Crippen LogP contribution is -2.12. The number of fused-ring (bicyclic) bond motifs is 1. The van der Waals surface area contributed by atoms with Crippen LogP contribution in [-0.2, 0) is 19.3 Å². The number of aromatic hydroxyl groups is 2. The Hall–Kier alpha value is -5.73. The third kappa shape index (κ3) is 7.55. The van der Waals surface area contributed by atoms with E-state index in [1.54, 1.807) is 18.2 Å². The van der Waals surface area contributed by atoms with Gasteiger partial charge in [0.05, 0.1) is 19.8 Å². The van der Waals surface area contributed by atoms with E-state index in [1.165, 1.54) is 25.3 Å². The SMILES string of the molecule is CCc1cc(-c2cccc(CCc3c(O)c(OC)c(OCC[C@@H](O)/C=C/c4ccccc4)c4c(=O)cc(-c5ccc(O)cc5)oc34)c2)c[nH]1. The maximum Gasteiger partial charge on any atom is 0.204 e. The molecular formula is C41H39NO7. The van der Waals surface area contributed by atoms with Crippen molar-refractivity contribution in [2.45, 2.75) is 38.7 Å². The number of phenolic OH excluding ortho intramolecular Hbond substituents is 2. The number of aromatic amines is 1. The first-order chi connectivity index (χ1) is 23.8. The third-order valence-electron chi connectivity index (χ3n) is 8.53. The molecule has 0 saturated heterocycles. The molecule has 49 heavy (non-hydrogen) atoms. The Morgan fingerprint density at radius 1 is 0.878 bits per heavy atom. The van der Waals surface area contributed by atoms with E-state index in [-0.39, 0.29) is 58.2 Å². The zero-order chi connectivity index (χ0) is 34.3. The predicted molar refractivity (Wildman–Crippen MR) is 192 cm³/mol. The number of hydrogen-bond acceptors (Lipinski definition) is 7. The third-order valence-corrected chi connectivity index (χ3v) is 8.53. The lowest BCUT2D eigenvalue weighted by Gasteiger charge is -2.19. The minimum atomic E-state index is -0.807. The molecule has 0 aliphatic carbocycles. The van der Waals surface area contributed by atoms with Gasteiger partial charge in [0, 0.05) is 35.5 Å². The molecule has 0 bridgehead atoms. The van der Waals surface area contributed by atoms with Gasteiger partial charge >= 0.3 is 0 Å². The Morgan fingerprint density at radius 2 is 1.67 bits per heavy atom. The zero-order valence-corrected chi connectivity index (χ0v) is 27.5. The van der Waals surface area contributed by atoms with Crippen LogP contribution >= 0.6 is 0 Å². The van der Waals surface area contributed by atoms with Crippen LogP contribution in [-0.4, -0.2) is 40.1 Å². The van der Waals surface area contributed by atoms with Crippen LogP contribution in [0.1, 0.15) is 35.7 Å². The summed E-state index contributed by atoms with van der Waals surface area (Å²) in [4.78, 5) is 17.2. The molecule has 8 heteroatoms. The first-order valence-corrected chi connectivity index (χ1v) is 16.3. The van der Waals surface area contributed by atoms with E-state index >= 15 is 0 Å². The van der Waals surface area contributed by atoms with Crippen molar-refractivity contribution >= 4 is 17.0 Å². The van der Waals surface area contributed by atoms with Gasteiger partial charge in [-0.3, -0.25) is 4.79 Å². The van der Waals surface area contributed by atoms with Crippen molar-refractivity contribution in [3.8, 4) is 45.4 Å². The van der Waals surface area contributed by atoms with Crippen LogP contribution in [0.3, 0.4) is 0 Å². The van der Waals surface area contributed by atoms with Crippen LogP contribution < -0.4 is 14.9 Å². The average Bonchev–Trinajstić information content (AvgIpc) is 3.61. The van der Waals surface area contributed by atoms with Gasteiger partial charge in [0.15, 0.2) is 16.9 Å². The summed E-state index contributed by atoms with van der Waals surface area (Å²) < 4.78 is 18.1. The Morgan fingerprint density at radius 3 is 2.41 bits per heavy atom. The Balaban J connectivity index is 1.35. The highest BCUT2D eigenvalue weighted by atomic mass is 16.5. The molecule has 1 atom stereocenters. The molecule has 0 amide bonds. The van der Waals surface area contributed by atoms with Gasteiger partial charge in [0.2, 0.25) is 5.75 Å². The first-order valence-electron chi connectivity index (χ1n) is 16.3. The normalized spacial score (nSPS) is 12.1. The highest BCUT2D eigenvalue weighted by molar-refractivity contribution is 5.93. The maximum atomic E-state index is 13.9. The van der Waals surface area contributed by atoms with E-state index in [0.717, 1.165) is 34.4 Å². The second kappa shape index (κ2) is 15.0. The van der Waals surface area contributed by atoms with Crippen molar-refractivity contribution in [2.75, 3.05) is 13.7 Å². The summed E-state index contributed by atoms with van der Waals surface area (Å²) in [5.41, 5.74) is 6.11. The molecule has 0 aliphatic heterocycles. The summed E-state index contributed by atoms with van der Waals surface area (Å²) in [7, 11) is 1.41. The number of aryl methyl sites for hydroxylation is 3. The van der Waals surface area contributed by atoms with Crippen LogP contribution in [0.25, 0.3) is 39.5 Å². The summed E-state index contributed by atoms with van der Waals surface area (Å²) in [5.74, 6) is 0.242. The quantitative estimate of drug-likeness (QED) is 0.0990. The second-order valence-corrected chi connectivity index (χ2v) is 11.9. The summed E-state index contributed by atoms with van der Waals surface area (Å²) in [6.07, 6.45) is 6.72. The molecule has 0 unspecified atom stereocenters. The molecule has 0 saturated carbocycles. The fraction of sp³-hybridized carbons (Fsp3) is 0.195. The van der Waals surface area contributed by atoms with Crippen LogP contribution in [0, 0.1) is 0 Å². The molecule has 2 heterocycles. The number of phenols is 2. The van der Waals surface area contributed by atoms with Gasteiger partial charge in [0.1, 0.15) is 22.5 Å². The number of rotatable bonds is 13. The largest absolute Gasteiger partial charge is 0.508 e. The zero-order valence-electron chi connectivity index (χ0n) is 27.5. The van der Waals surface area contributed by atoms with Gasteiger partial charge in [-0.1, -0.05) is 73.7 Å². The highest BCUT2D eigenvalue weighted by Gasteiger charge is 2.26. The number of nitrogens with one attached hydrogen (secondary N) is 1. The number of aromatic nitrogens is 1. The van der Waals surface area contributed by atoms with Gasteiger partial charge in [-0.25, -0.2) is 0 Å². The minimum Gasteiger partial charge on any atom is -0.508 e. The number of H-pyrrole nitrogens is 1. The number of aliphatic hydroxyl groups is 1. The van der Waals surface area contributed by atoms with E-state index in [4.69, 9.17) is 13.9 Å². The monoisotopic (exact) mass is 657 g/mol. The Labute approximate surface area is 284 Å². The molecule has 8 nitrogen and oxygen atoms in total. The second-order valence-electron chi connectivity index (χ2n) is 11.9. The standard InChI is InChI=1S/C41H39NO7/c1-3-31-23-30(25-42-31)29-11-7-10-27(22-29)13-19-34-38(46)41(47-2)40(48-21-20-33(44)16-12-26-8-5-4-6-9-26)37-35(45)24-36(49-39(34)37)28-14-17-32(43)18-15-28/h4-12,14-18,22-25,33,42-44,46H,3,13,19-21H2,1-2H3/b16-12+/t33-/m0/s1. The Bertz CT molecular complexity index is 2130. The van der Waals surface area contributed by atoms with Crippen molar-refractivity contribution in [1.82, 2.24) is 4.98 Å². The molecule has 0 spiro atoms. The molecule has 0 fully saturated rings. The fourth-order valence-electron chi connectivity index (χ4n) is 5.87. The van der Waals surface area contributed by atoms with Crippen molar-refractivity contribution < 1.29 is 29.2 Å².